The van der Waals surface area contributed by atoms with Crippen LogP contribution in [0.5, 0.6) is 0 Å². The summed E-state index contributed by atoms with van der Waals surface area (Å²) >= 11 is 0. The molecular formula is C13H7N8O8+. The fourth-order valence-corrected chi connectivity index (χ4v) is 2.69. The van der Waals surface area contributed by atoms with Crippen LogP contribution in [0.2, 0.25) is 0 Å². The van der Waals surface area contributed by atoms with Crippen LogP contribution in [0.4, 0.5) is 34.1 Å². The van der Waals surface area contributed by atoms with Crippen molar-refractivity contribution < 1.29 is 19.7 Å². The molecular weight excluding hydrogens is 396 g/mol. The van der Waals surface area contributed by atoms with Crippen LogP contribution in [0.15, 0.2) is 51.9 Å². The summed E-state index contributed by atoms with van der Waals surface area (Å²) in [5.41, 5.74) is -3.99. The van der Waals surface area contributed by atoms with Gasteiger partial charge in [0.25, 0.3) is 23.4 Å². The van der Waals surface area contributed by atoms with Gasteiger partial charge in [0.2, 0.25) is 0 Å². The molecule has 0 radical (unpaired) electrons. The van der Waals surface area contributed by atoms with Gasteiger partial charge in [-0.25, -0.2) is 0 Å². The first-order chi connectivity index (χ1) is 13.7. The number of quaternary nitrogens is 1. The van der Waals surface area contributed by atoms with E-state index in [4.69, 9.17) is 0 Å². The third-order valence-electron chi connectivity index (χ3n) is 3.89. The number of nitro benzene ring substituents is 4. The Kier molecular flexibility index (Phi) is 4.45. The number of nitrogens with zero attached hydrogens (tertiary/aromatic N) is 8. The van der Waals surface area contributed by atoms with Crippen molar-refractivity contribution >= 4 is 40.5 Å². The lowest BCUT2D eigenvalue weighted by molar-refractivity contribution is -0.422. The highest BCUT2D eigenvalue weighted by Crippen LogP contribution is 2.47. The van der Waals surface area contributed by atoms with Gasteiger partial charge < -0.3 is 0 Å². The summed E-state index contributed by atoms with van der Waals surface area (Å²) in [6, 6.07) is 5.57. The number of hydrogen-bond acceptors (Lipinski definition) is 11. The molecule has 0 spiro atoms. The molecule has 0 bridgehead atoms. The Balaban J connectivity index is 2.40. The SMILES string of the molecule is O=[N+]([O-])c1cc([N+](=O)[O-])cc([N+]2(c3cccc([N+](=O)[O-])c3[N+](=O)[O-])C=NN=N2)c1. The maximum Gasteiger partial charge on any atom is 0.409 e. The summed E-state index contributed by atoms with van der Waals surface area (Å²) in [6.45, 7) is 0. The van der Waals surface area contributed by atoms with Crippen LogP contribution in [0.1, 0.15) is 0 Å². The van der Waals surface area contributed by atoms with Gasteiger partial charge >= 0.3 is 11.4 Å². The fourth-order valence-electron chi connectivity index (χ4n) is 2.69. The zero-order chi connectivity index (χ0) is 21.3. The molecule has 1 aliphatic rings. The Morgan fingerprint density at radius 2 is 1.41 bits per heavy atom. The van der Waals surface area contributed by atoms with Crippen molar-refractivity contribution in [3.8, 4) is 0 Å². The monoisotopic (exact) mass is 403 g/mol. The number of non-ortho nitro benzene ring substituents is 2. The predicted molar refractivity (Wildman–Crippen MR) is 94.3 cm³/mol. The Bertz CT molecular complexity index is 1100. The topological polar surface area (TPSA) is 210 Å². The Labute approximate surface area is 158 Å². The van der Waals surface area contributed by atoms with Gasteiger partial charge in [-0.1, -0.05) is 9.69 Å². The molecule has 2 aromatic carbocycles. The molecule has 0 aromatic heterocycles. The molecule has 1 aliphatic heterocycles. The van der Waals surface area contributed by atoms with Gasteiger partial charge in [-0.05, 0) is 6.07 Å². The number of rotatable bonds is 6. The molecule has 16 nitrogen and oxygen atoms in total. The number of hydrogen-bond donors (Lipinski definition) is 0. The third-order valence-corrected chi connectivity index (χ3v) is 3.89. The van der Waals surface area contributed by atoms with E-state index in [1.54, 1.807) is 0 Å². The molecule has 0 N–H and O–H groups in total. The highest BCUT2D eigenvalue weighted by atomic mass is 16.6. The number of para-hydroxylation sites is 1. The number of benzene rings is 2. The smallest absolute Gasteiger partial charge is 0.258 e. The molecule has 3 rings (SSSR count). The van der Waals surface area contributed by atoms with Gasteiger partial charge in [-0.2, -0.15) is 0 Å². The molecule has 2 aromatic rings. The average Bonchev–Trinajstić information content (AvgIpc) is 3.17. The second-order valence-electron chi connectivity index (χ2n) is 5.48. The van der Waals surface area contributed by atoms with Crippen LogP contribution in [-0.4, -0.2) is 26.0 Å². The van der Waals surface area contributed by atoms with Crippen LogP contribution in [0.3, 0.4) is 0 Å². The second kappa shape index (κ2) is 6.78. The minimum atomic E-state index is -1.15. The van der Waals surface area contributed by atoms with Gasteiger partial charge in [-0.3, -0.25) is 40.5 Å². The molecule has 0 saturated heterocycles. The zero-order valence-corrected chi connectivity index (χ0v) is 13.9. The number of nitro groups is 4. The molecule has 146 valence electrons. The minimum absolute atomic E-state index is 0.306. The molecule has 1 unspecified atom stereocenters. The summed E-state index contributed by atoms with van der Waals surface area (Å²) in [5, 5.41) is 55.8. The van der Waals surface area contributed by atoms with E-state index in [-0.39, 0.29) is 5.69 Å². The van der Waals surface area contributed by atoms with Crippen molar-refractivity contribution in [2.75, 3.05) is 0 Å². The maximum absolute atomic E-state index is 11.6. The van der Waals surface area contributed by atoms with Crippen molar-refractivity contribution in [3.63, 3.8) is 0 Å². The Morgan fingerprint density at radius 3 is 1.86 bits per heavy atom. The van der Waals surface area contributed by atoms with Crippen molar-refractivity contribution in [1.82, 2.24) is 4.59 Å². The van der Waals surface area contributed by atoms with Crippen molar-refractivity contribution in [3.05, 3.63) is 76.9 Å². The van der Waals surface area contributed by atoms with E-state index in [1.165, 1.54) is 0 Å². The molecule has 0 aliphatic carbocycles. The van der Waals surface area contributed by atoms with Crippen LogP contribution < -0.4 is 4.59 Å². The molecule has 1 heterocycles. The van der Waals surface area contributed by atoms with E-state index in [2.05, 4.69) is 15.5 Å². The first-order valence-corrected chi connectivity index (χ1v) is 7.39. The van der Waals surface area contributed by atoms with Crippen molar-refractivity contribution in [1.29, 1.82) is 0 Å². The molecule has 1 atom stereocenters. The first kappa shape index (κ1) is 19.0. The molecule has 0 saturated carbocycles. The van der Waals surface area contributed by atoms with E-state index < -0.39 is 52.7 Å². The summed E-state index contributed by atoms with van der Waals surface area (Å²) in [4.78, 5) is 41.4. The van der Waals surface area contributed by atoms with Crippen LogP contribution in [0, 0.1) is 40.5 Å². The molecule has 29 heavy (non-hydrogen) atoms. The lowest BCUT2D eigenvalue weighted by atomic mass is 10.1. The second-order valence-corrected chi connectivity index (χ2v) is 5.48. The maximum atomic E-state index is 11.6. The summed E-state index contributed by atoms with van der Waals surface area (Å²) < 4.78 is -1.15. The largest absolute Gasteiger partial charge is 0.409 e. The van der Waals surface area contributed by atoms with Crippen LogP contribution in [0.25, 0.3) is 0 Å². The summed E-state index contributed by atoms with van der Waals surface area (Å²) in [6.07, 6.45) is 0.898. The average molecular weight is 403 g/mol. The zero-order valence-electron chi connectivity index (χ0n) is 13.9. The lowest BCUT2D eigenvalue weighted by Crippen LogP contribution is -2.35. The Morgan fingerprint density at radius 1 is 0.793 bits per heavy atom. The highest BCUT2D eigenvalue weighted by Gasteiger charge is 2.48. The van der Waals surface area contributed by atoms with Gasteiger partial charge in [-0.15, -0.1) is 0 Å². The normalized spacial score (nSPS) is 17.2. The van der Waals surface area contributed by atoms with Crippen molar-refractivity contribution in [2.45, 2.75) is 0 Å². The van der Waals surface area contributed by atoms with Gasteiger partial charge in [0.1, 0.15) is 0 Å². The fraction of sp³-hybridized carbons (Fsp3) is 0. The predicted octanol–water partition coefficient (Wildman–Crippen LogP) is 3.28. The van der Waals surface area contributed by atoms with E-state index >= 15 is 0 Å². The first-order valence-electron chi connectivity index (χ1n) is 7.39. The summed E-state index contributed by atoms with van der Waals surface area (Å²) in [7, 11) is 0. The summed E-state index contributed by atoms with van der Waals surface area (Å²) in [5.74, 6) is 0. The van der Waals surface area contributed by atoms with E-state index in [0.717, 1.165) is 36.7 Å². The van der Waals surface area contributed by atoms with E-state index in [1.807, 2.05) is 0 Å². The molecule has 0 fully saturated rings. The Hall–Kier alpha value is -4.73. The van der Waals surface area contributed by atoms with Crippen molar-refractivity contribution in [2.24, 2.45) is 15.5 Å². The minimum Gasteiger partial charge on any atom is -0.258 e. The van der Waals surface area contributed by atoms with E-state index in [0.29, 0.717) is 6.07 Å². The van der Waals surface area contributed by atoms with Gasteiger partial charge in [0.15, 0.2) is 5.69 Å². The highest BCUT2D eigenvalue weighted by molar-refractivity contribution is 5.89. The quantitative estimate of drug-likeness (QED) is 0.395. The molecule has 0 amide bonds. The van der Waals surface area contributed by atoms with Gasteiger partial charge in [0, 0.05) is 17.4 Å². The van der Waals surface area contributed by atoms with Gasteiger partial charge in [0.05, 0.1) is 43.1 Å². The molecule has 16 heteroatoms. The van der Waals surface area contributed by atoms with Crippen LogP contribution >= 0.6 is 0 Å². The van der Waals surface area contributed by atoms with Crippen LogP contribution in [-0.2, 0) is 0 Å². The van der Waals surface area contributed by atoms with E-state index in [9.17, 15) is 40.5 Å². The standard InChI is InChI=1S/C13H7N8O8/c22-17(23)8-4-9(18(24)25)6-10(5-8)21(7-14-15-16-21)12-3-1-2-11(19(26)27)13(12)20(28)29/h1-7H/q+1. The third kappa shape index (κ3) is 3.10. The lowest BCUT2D eigenvalue weighted by Gasteiger charge is -2.20.